The Labute approximate surface area is 233 Å². The molecule has 2 aliphatic heterocycles. The van der Waals surface area contributed by atoms with Crippen molar-refractivity contribution in [2.24, 2.45) is 0 Å². The number of anilines is 1. The van der Waals surface area contributed by atoms with E-state index >= 15 is 0 Å². The van der Waals surface area contributed by atoms with Gasteiger partial charge in [0.2, 0.25) is 11.8 Å². The van der Waals surface area contributed by atoms with Gasteiger partial charge in [-0.1, -0.05) is 54.6 Å². The summed E-state index contributed by atoms with van der Waals surface area (Å²) >= 11 is 0. The summed E-state index contributed by atoms with van der Waals surface area (Å²) in [6, 6.07) is 23.4. The predicted octanol–water partition coefficient (Wildman–Crippen LogP) is 3.94. The first-order valence-corrected chi connectivity index (χ1v) is 14.6. The Morgan fingerprint density at radius 2 is 1.68 bits per heavy atom. The molecule has 1 aromatic heterocycles. The van der Waals surface area contributed by atoms with Crippen molar-refractivity contribution in [3.05, 3.63) is 101 Å². The maximum absolute atomic E-state index is 13.3. The number of nitrogens with zero attached hydrogens (tertiary/aromatic N) is 3. The molecule has 3 heterocycles. The molecule has 1 amide bonds. The fourth-order valence-corrected chi connectivity index (χ4v) is 6.34. The van der Waals surface area contributed by atoms with Crippen LogP contribution in [-0.4, -0.2) is 54.4 Å². The second-order valence-electron chi connectivity index (χ2n) is 10.2. The Bertz CT molecular complexity index is 1670. The lowest BCUT2D eigenvalue weighted by atomic mass is 10.00. The van der Waals surface area contributed by atoms with E-state index in [9.17, 15) is 13.2 Å². The number of rotatable bonds is 3. The topological polar surface area (TPSA) is 114 Å². The largest absolute Gasteiger partial charge is 0.471 e. The minimum absolute atomic E-state index is 0.0587. The van der Waals surface area contributed by atoms with Gasteiger partial charge in [-0.05, 0) is 48.7 Å². The molecule has 1 fully saturated rings. The van der Waals surface area contributed by atoms with Crippen molar-refractivity contribution < 1.29 is 17.9 Å². The first-order chi connectivity index (χ1) is 19.2. The highest BCUT2D eigenvalue weighted by Crippen LogP contribution is 2.31. The Kier molecular flexibility index (Phi) is 6.73. The van der Waals surface area contributed by atoms with E-state index in [-0.39, 0.29) is 34.2 Å². The van der Waals surface area contributed by atoms with Gasteiger partial charge < -0.3 is 10.1 Å². The van der Waals surface area contributed by atoms with E-state index in [0.29, 0.717) is 25.3 Å². The quantitative estimate of drug-likeness (QED) is 0.394. The van der Waals surface area contributed by atoms with Crippen molar-refractivity contribution >= 4 is 21.9 Å². The van der Waals surface area contributed by atoms with Crippen LogP contribution < -0.4 is 14.8 Å². The maximum atomic E-state index is 13.3. The highest BCUT2D eigenvalue weighted by molar-refractivity contribution is 7.92. The van der Waals surface area contributed by atoms with Crippen LogP contribution in [0.3, 0.4) is 0 Å². The third kappa shape index (κ3) is 5.28. The van der Waals surface area contributed by atoms with E-state index in [0.717, 1.165) is 22.3 Å². The summed E-state index contributed by atoms with van der Waals surface area (Å²) in [6.45, 7) is 5.76. The minimum Gasteiger partial charge on any atom is -0.471 e. The molecule has 204 valence electrons. The minimum atomic E-state index is -4.08. The summed E-state index contributed by atoms with van der Waals surface area (Å²) in [4.78, 5) is 24.5. The molecule has 3 aromatic carbocycles. The highest BCUT2D eigenvalue weighted by atomic mass is 32.2. The van der Waals surface area contributed by atoms with Gasteiger partial charge in [0.1, 0.15) is 6.10 Å². The lowest BCUT2D eigenvalue weighted by Crippen LogP contribution is -2.45. The summed E-state index contributed by atoms with van der Waals surface area (Å²) in [5.74, 6) is -0.248. The number of hydrogen-bond donors (Lipinski definition) is 2. The number of amides is 1. The Morgan fingerprint density at radius 1 is 0.925 bits per heavy atom. The Morgan fingerprint density at radius 3 is 2.45 bits per heavy atom. The second kappa shape index (κ2) is 10.4. The van der Waals surface area contributed by atoms with Crippen molar-refractivity contribution in [3.63, 3.8) is 0 Å². The molecule has 1 saturated heterocycles. The van der Waals surface area contributed by atoms with E-state index in [1.807, 2.05) is 50.2 Å². The molecule has 10 heteroatoms. The fourth-order valence-electron chi connectivity index (χ4n) is 5.35. The smallest absolute Gasteiger partial charge is 0.264 e. The number of fused-ring (bicyclic) bond motifs is 5. The molecule has 4 bridgehead atoms. The first-order valence-electron chi connectivity index (χ1n) is 13.1. The summed E-state index contributed by atoms with van der Waals surface area (Å²) in [7, 11) is -4.08. The summed E-state index contributed by atoms with van der Waals surface area (Å²) in [5.41, 5.74) is 4.80. The molecule has 2 N–H and O–H groups in total. The molecule has 0 radical (unpaired) electrons. The standard InChI is InChI=1S/C30H29N5O4S/c1-19-8-6-9-20(2)28(19)24-15-27-33-30(32-24)34-40(37,38)23-13-7-12-22(14-23)29(36)31-25-17-35(18-26(25)39-27)16-21-10-4-3-5-11-21/h3-15,25-26H,16-18H2,1-2H3,(H,31,36)(H,32,33,34)/t25-,26-/m1/s1. The van der Waals surface area contributed by atoms with E-state index in [2.05, 4.69) is 37.0 Å². The highest BCUT2D eigenvalue weighted by Gasteiger charge is 2.36. The van der Waals surface area contributed by atoms with Crippen LogP contribution in [-0.2, 0) is 16.6 Å². The molecule has 40 heavy (non-hydrogen) atoms. The number of benzene rings is 3. The lowest BCUT2D eigenvalue weighted by Gasteiger charge is -2.21. The molecule has 0 spiro atoms. The van der Waals surface area contributed by atoms with E-state index in [1.165, 1.54) is 12.1 Å². The number of nitrogens with one attached hydrogen (secondary N) is 2. The average Bonchev–Trinajstić information content (AvgIpc) is 3.28. The second-order valence-corrected chi connectivity index (χ2v) is 11.9. The van der Waals surface area contributed by atoms with Crippen LogP contribution in [0.15, 0.2) is 83.8 Å². The molecule has 0 aliphatic carbocycles. The van der Waals surface area contributed by atoms with Crippen LogP contribution in [0.25, 0.3) is 11.3 Å². The van der Waals surface area contributed by atoms with Gasteiger partial charge >= 0.3 is 0 Å². The zero-order chi connectivity index (χ0) is 27.9. The Hall–Kier alpha value is -4.28. The van der Waals surface area contributed by atoms with Crippen molar-refractivity contribution in [2.75, 3.05) is 17.8 Å². The number of aryl methyl sites for hydroxylation is 2. The third-order valence-electron chi connectivity index (χ3n) is 7.25. The van der Waals surface area contributed by atoms with Crippen LogP contribution in [0.4, 0.5) is 5.95 Å². The normalized spacial score (nSPS) is 20.1. The average molecular weight is 556 g/mol. The number of hydrogen-bond acceptors (Lipinski definition) is 7. The van der Waals surface area contributed by atoms with Gasteiger partial charge in [0.05, 0.1) is 16.6 Å². The summed E-state index contributed by atoms with van der Waals surface area (Å²) in [6.07, 6.45) is -0.429. The molecule has 9 nitrogen and oxygen atoms in total. The number of likely N-dealkylation sites (tertiary alicyclic amines) is 1. The SMILES string of the molecule is Cc1cccc(C)c1-c1cc2nc(n1)NS(=O)(=O)c1cccc(c1)C(=O)N[C@@H]1CN(Cc3ccccc3)C[C@H]1O2. The molecule has 4 aromatic rings. The van der Waals surface area contributed by atoms with Crippen LogP contribution >= 0.6 is 0 Å². The van der Waals surface area contributed by atoms with Gasteiger partial charge in [-0.25, -0.2) is 18.1 Å². The van der Waals surface area contributed by atoms with E-state index < -0.39 is 16.1 Å². The van der Waals surface area contributed by atoms with E-state index in [1.54, 1.807) is 18.2 Å². The van der Waals surface area contributed by atoms with Crippen LogP contribution in [0.2, 0.25) is 0 Å². The lowest BCUT2D eigenvalue weighted by molar-refractivity contribution is 0.0901. The predicted molar refractivity (Wildman–Crippen MR) is 152 cm³/mol. The molecule has 0 saturated carbocycles. The van der Waals surface area contributed by atoms with Gasteiger partial charge in [0.25, 0.3) is 15.9 Å². The zero-order valence-electron chi connectivity index (χ0n) is 22.2. The van der Waals surface area contributed by atoms with Crippen LogP contribution in [0.1, 0.15) is 27.0 Å². The summed E-state index contributed by atoms with van der Waals surface area (Å²) in [5, 5.41) is 3.08. The molecular formula is C30H29N5O4S. The van der Waals surface area contributed by atoms with Gasteiger partial charge in [0, 0.05) is 36.8 Å². The van der Waals surface area contributed by atoms with Gasteiger partial charge in [-0.15, -0.1) is 0 Å². The van der Waals surface area contributed by atoms with Crippen molar-refractivity contribution in [1.82, 2.24) is 20.2 Å². The molecule has 2 aliphatic rings. The van der Waals surface area contributed by atoms with Crippen molar-refractivity contribution in [2.45, 2.75) is 37.4 Å². The fraction of sp³-hybridized carbons (Fsp3) is 0.233. The molecule has 2 atom stereocenters. The van der Waals surface area contributed by atoms with Gasteiger partial charge in [0.15, 0.2) is 0 Å². The molecule has 6 rings (SSSR count). The third-order valence-corrected chi connectivity index (χ3v) is 8.58. The number of sulfonamides is 1. The first kappa shape index (κ1) is 26.0. The molecule has 0 unspecified atom stereocenters. The molecular weight excluding hydrogens is 526 g/mol. The van der Waals surface area contributed by atoms with E-state index in [4.69, 9.17) is 4.74 Å². The number of aromatic nitrogens is 2. The van der Waals surface area contributed by atoms with Gasteiger partial charge in [-0.2, -0.15) is 4.98 Å². The van der Waals surface area contributed by atoms with Gasteiger partial charge in [-0.3, -0.25) is 9.69 Å². The summed E-state index contributed by atoms with van der Waals surface area (Å²) < 4.78 is 35.5. The number of carbonyl (C=O) groups is 1. The monoisotopic (exact) mass is 555 g/mol. The zero-order valence-corrected chi connectivity index (χ0v) is 23.0. The number of ether oxygens (including phenoxy) is 1. The Balaban J connectivity index is 1.44. The number of carbonyl (C=O) groups excluding carboxylic acids is 1. The van der Waals surface area contributed by atoms with Crippen molar-refractivity contribution in [3.8, 4) is 17.1 Å². The van der Waals surface area contributed by atoms with Crippen molar-refractivity contribution in [1.29, 1.82) is 0 Å². The van der Waals surface area contributed by atoms with Crippen LogP contribution in [0.5, 0.6) is 5.88 Å². The maximum Gasteiger partial charge on any atom is 0.264 e. The van der Waals surface area contributed by atoms with Crippen LogP contribution in [0, 0.1) is 13.8 Å².